The van der Waals surface area contributed by atoms with E-state index in [1.807, 2.05) is 0 Å². The zero-order chi connectivity index (χ0) is 12.9. The average Bonchev–Trinajstić information content (AvgIpc) is 2.27. The Balaban J connectivity index is 2.26. The van der Waals surface area contributed by atoms with Crippen molar-refractivity contribution < 1.29 is 23.1 Å². The van der Waals surface area contributed by atoms with Crippen LogP contribution in [0.4, 0.5) is 13.2 Å². The van der Waals surface area contributed by atoms with Gasteiger partial charge in [0, 0.05) is 12.8 Å². The van der Waals surface area contributed by atoms with E-state index in [-0.39, 0.29) is 18.8 Å². The topological polar surface area (TPSA) is 37.3 Å². The molecule has 0 aromatic rings. The first kappa shape index (κ1) is 14.5. The number of carbonyl (C=O) groups excluding carboxylic acids is 1. The largest absolute Gasteiger partial charge is 0.389 e. The van der Waals surface area contributed by atoms with Crippen molar-refractivity contribution in [1.29, 1.82) is 0 Å². The number of rotatable bonds is 5. The maximum absolute atomic E-state index is 11.9. The highest BCUT2D eigenvalue weighted by Gasteiger charge is 2.30. The van der Waals surface area contributed by atoms with E-state index in [4.69, 9.17) is 0 Å². The number of Topliss-reactive ketones (excluding diaryl/α,β-unsaturated/α-hetero) is 1. The van der Waals surface area contributed by atoms with Crippen molar-refractivity contribution in [3.05, 3.63) is 0 Å². The molecule has 1 saturated carbocycles. The first-order chi connectivity index (χ1) is 7.90. The fourth-order valence-corrected chi connectivity index (χ4v) is 2.32. The fraction of sp³-hybridized carbons (Fsp3) is 0.917. The van der Waals surface area contributed by atoms with Gasteiger partial charge in [-0.15, -0.1) is 0 Å². The second kappa shape index (κ2) is 6.38. The quantitative estimate of drug-likeness (QED) is 0.815. The fourth-order valence-electron chi connectivity index (χ4n) is 2.32. The molecule has 2 nitrogen and oxygen atoms in total. The number of carbonyl (C=O) groups is 1. The van der Waals surface area contributed by atoms with Crippen molar-refractivity contribution in [2.75, 3.05) is 0 Å². The highest BCUT2D eigenvalue weighted by molar-refractivity contribution is 5.83. The molecule has 0 aliphatic heterocycles. The third-order valence-electron chi connectivity index (χ3n) is 3.31. The van der Waals surface area contributed by atoms with Gasteiger partial charge in [0.2, 0.25) is 0 Å². The lowest BCUT2D eigenvalue weighted by Gasteiger charge is -2.25. The van der Waals surface area contributed by atoms with Crippen molar-refractivity contribution in [3.63, 3.8) is 0 Å². The van der Waals surface area contributed by atoms with Gasteiger partial charge in [0.25, 0.3) is 0 Å². The Kier molecular flexibility index (Phi) is 5.43. The van der Waals surface area contributed by atoms with Gasteiger partial charge in [-0.05, 0) is 25.2 Å². The number of hydrogen-bond donors (Lipinski definition) is 1. The summed E-state index contributed by atoms with van der Waals surface area (Å²) in [6, 6.07) is 0. The molecule has 0 bridgehead atoms. The minimum atomic E-state index is -4.21. The molecule has 0 heterocycles. The lowest BCUT2D eigenvalue weighted by molar-refractivity contribution is -0.139. The minimum absolute atomic E-state index is 0.0397. The normalized spacial score (nSPS) is 20.2. The molecule has 1 rings (SSSR count). The summed E-state index contributed by atoms with van der Waals surface area (Å²) in [5, 5.41) is 9.74. The molecule has 0 aromatic carbocycles. The second-order valence-corrected chi connectivity index (χ2v) is 4.78. The molecule has 1 aliphatic carbocycles. The van der Waals surface area contributed by atoms with E-state index in [1.165, 1.54) is 0 Å². The SMILES string of the molecule is O=C(CCCC(F)(F)F)C(O)C1CCCCC1. The van der Waals surface area contributed by atoms with E-state index in [0.29, 0.717) is 0 Å². The van der Waals surface area contributed by atoms with Crippen molar-refractivity contribution in [1.82, 2.24) is 0 Å². The Morgan fingerprint density at radius 3 is 2.35 bits per heavy atom. The maximum atomic E-state index is 11.9. The lowest BCUT2D eigenvalue weighted by atomic mass is 9.83. The van der Waals surface area contributed by atoms with Crippen LogP contribution in [-0.4, -0.2) is 23.2 Å². The van der Waals surface area contributed by atoms with Crippen LogP contribution in [0.5, 0.6) is 0 Å². The number of aliphatic hydroxyl groups is 1. The number of halogens is 3. The summed E-state index contributed by atoms with van der Waals surface area (Å²) in [6.45, 7) is 0. The third kappa shape index (κ3) is 5.52. The molecular weight excluding hydrogens is 233 g/mol. The molecule has 17 heavy (non-hydrogen) atoms. The maximum Gasteiger partial charge on any atom is 0.389 e. The molecular formula is C12H19F3O2. The second-order valence-electron chi connectivity index (χ2n) is 4.78. The predicted octanol–water partition coefficient (Wildman–Crippen LogP) is 3.23. The van der Waals surface area contributed by atoms with Crippen LogP contribution in [0, 0.1) is 5.92 Å². The zero-order valence-electron chi connectivity index (χ0n) is 9.80. The molecule has 0 amide bonds. The first-order valence-corrected chi connectivity index (χ1v) is 6.17. The van der Waals surface area contributed by atoms with E-state index in [0.717, 1.165) is 32.1 Å². The highest BCUT2D eigenvalue weighted by atomic mass is 19.4. The molecule has 1 fully saturated rings. The number of hydrogen-bond acceptors (Lipinski definition) is 2. The standard InChI is InChI=1S/C12H19F3O2/c13-12(14,15)8-4-7-10(16)11(17)9-5-2-1-3-6-9/h9,11,17H,1-8H2. The van der Waals surface area contributed by atoms with Gasteiger partial charge < -0.3 is 5.11 Å². The Morgan fingerprint density at radius 1 is 1.24 bits per heavy atom. The Bertz CT molecular complexity index is 245. The van der Waals surface area contributed by atoms with Crippen LogP contribution in [0.1, 0.15) is 51.4 Å². The number of aliphatic hydroxyl groups excluding tert-OH is 1. The van der Waals surface area contributed by atoms with Crippen LogP contribution in [0.2, 0.25) is 0 Å². The van der Waals surface area contributed by atoms with Gasteiger partial charge in [-0.25, -0.2) is 0 Å². The van der Waals surface area contributed by atoms with Crippen LogP contribution < -0.4 is 0 Å². The molecule has 0 saturated heterocycles. The first-order valence-electron chi connectivity index (χ1n) is 6.17. The smallest absolute Gasteiger partial charge is 0.385 e. The van der Waals surface area contributed by atoms with E-state index in [9.17, 15) is 23.1 Å². The van der Waals surface area contributed by atoms with Crippen LogP contribution >= 0.6 is 0 Å². The van der Waals surface area contributed by atoms with Crippen molar-refractivity contribution in [2.45, 2.75) is 63.6 Å². The molecule has 1 unspecified atom stereocenters. The van der Waals surface area contributed by atoms with Gasteiger partial charge in [-0.3, -0.25) is 4.79 Å². The van der Waals surface area contributed by atoms with Gasteiger partial charge >= 0.3 is 6.18 Å². The van der Waals surface area contributed by atoms with Gasteiger partial charge in [0.05, 0.1) is 0 Å². The summed E-state index contributed by atoms with van der Waals surface area (Å²) in [5.74, 6) is -0.469. The van der Waals surface area contributed by atoms with Crippen LogP contribution in [0.15, 0.2) is 0 Å². The van der Waals surface area contributed by atoms with Gasteiger partial charge in [0.1, 0.15) is 6.10 Å². The molecule has 5 heteroatoms. The van der Waals surface area contributed by atoms with Crippen LogP contribution in [0.3, 0.4) is 0 Å². The predicted molar refractivity (Wildman–Crippen MR) is 57.5 cm³/mol. The van der Waals surface area contributed by atoms with Gasteiger partial charge in [-0.1, -0.05) is 19.3 Å². The summed E-state index contributed by atoms with van der Waals surface area (Å²) in [4.78, 5) is 11.5. The van der Waals surface area contributed by atoms with E-state index in [2.05, 4.69) is 0 Å². The average molecular weight is 252 g/mol. The summed E-state index contributed by atoms with van der Waals surface area (Å²) in [7, 11) is 0. The molecule has 0 aromatic heterocycles. The summed E-state index contributed by atoms with van der Waals surface area (Å²) in [6.07, 6.45) is -1.86. The summed E-state index contributed by atoms with van der Waals surface area (Å²) in [5.41, 5.74) is 0. The summed E-state index contributed by atoms with van der Waals surface area (Å²) < 4.78 is 35.7. The van der Waals surface area contributed by atoms with E-state index < -0.39 is 24.5 Å². The Hall–Kier alpha value is -0.580. The van der Waals surface area contributed by atoms with Gasteiger partial charge in [-0.2, -0.15) is 13.2 Å². The molecule has 0 spiro atoms. The Labute approximate surface area is 99.2 Å². The monoisotopic (exact) mass is 252 g/mol. The van der Waals surface area contributed by atoms with E-state index >= 15 is 0 Å². The van der Waals surface area contributed by atoms with Crippen molar-refractivity contribution in [2.24, 2.45) is 5.92 Å². The number of ketones is 1. The van der Waals surface area contributed by atoms with Crippen molar-refractivity contribution in [3.8, 4) is 0 Å². The molecule has 1 N–H and O–H groups in total. The number of alkyl halides is 3. The molecule has 100 valence electrons. The Morgan fingerprint density at radius 2 is 1.82 bits per heavy atom. The zero-order valence-corrected chi connectivity index (χ0v) is 9.80. The molecule has 0 radical (unpaired) electrons. The lowest BCUT2D eigenvalue weighted by Crippen LogP contribution is -2.31. The van der Waals surface area contributed by atoms with E-state index in [1.54, 1.807) is 0 Å². The minimum Gasteiger partial charge on any atom is -0.385 e. The van der Waals surface area contributed by atoms with Crippen LogP contribution in [0.25, 0.3) is 0 Å². The third-order valence-corrected chi connectivity index (χ3v) is 3.31. The highest BCUT2D eigenvalue weighted by Crippen LogP contribution is 2.28. The van der Waals surface area contributed by atoms with Crippen LogP contribution in [-0.2, 0) is 4.79 Å². The molecule has 1 atom stereocenters. The summed E-state index contributed by atoms with van der Waals surface area (Å²) >= 11 is 0. The van der Waals surface area contributed by atoms with Crippen molar-refractivity contribution >= 4 is 5.78 Å². The van der Waals surface area contributed by atoms with Gasteiger partial charge in [0.15, 0.2) is 5.78 Å². The molecule has 1 aliphatic rings.